The smallest absolute Gasteiger partial charge is 0.217 e. The third-order valence-corrected chi connectivity index (χ3v) is 2.15. The summed E-state index contributed by atoms with van der Waals surface area (Å²) in [6.07, 6.45) is 0.837. The molecule has 0 bridgehead atoms. The molecule has 1 aromatic rings. The van der Waals surface area contributed by atoms with Crippen molar-refractivity contribution in [1.29, 1.82) is 0 Å². The van der Waals surface area contributed by atoms with Gasteiger partial charge in [0.15, 0.2) is 0 Å². The minimum atomic E-state index is 0.0102. The van der Waals surface area contributed by atoms with Gasteiger partial charge in [0.1, 0.15) is 5.75 Å². The minimum absolute atomic E-state index is 0.0102. The van der Waals surface area contributed by atoms with Gasteiger partial charge >= 0.3 is 0 Å². The van der Waals surface area contributed by atoms with Crippen LogP contribution in [0.1, 0.15) is 19.4 Å². The van der Waals surface area contributed by atoms with Gasteiger partial charge in [-0.1, -0.05) is 12.1 Å². The summed E-state index contributed by atoms with van der Waals surface area (Å²) >= 11 is 0. The predicted octanol–water partition coefficient (Wildman–Crippen LogP) is 1.76. The van der Waals surface area contributed by atoms with Crippen LogP contribution in [0.3, 0.4) is 0 Å². The van der Waals surface area contributed by atoms with Crippen molar-refractivity contribution in [3.05, 3.63) is 29.8 Å². The Hall–Kier alpha value is -1.51. The maximum absolute atomic E-state index is 10.8. The molecule has 1 rings (SSSR count). The molecule has 1 N–H and O–H groups in total. The zero-order valence-corrected chi connectivity index (χ0v) is 9.41. The van der Waals surface area contributed by atoms with E-state index in [1.807, 2.05) is 31.2 Å². The molecule has 0 aliphatic carbocycles. The Bertz CT molecular complexity index is 319. The molecule has 15 heavy (non-hydrogen) atoms. The molecule has 3 heteroatoms. The van der Waals surface area contributed by atoms with Crippen LogP contribution >= 0.6 is 0 Å². The predicted molar refractivity (Wildman–Crippen MR) is 60.0 cm³/mol. The molecule has 0 aliphatic heterocycles. The van der Waals surface area contributed by atoms with Crippen LogP contribution in [0.4, 0.5) is 0 Å². The van der Waals surface area contributed by atoms with Gasteiger partial charge in [-0.15, -0.1) is 0 Å². The zero-order valence-electron chi connectivity index (χ0n) is 9.41. The summed E-state index contributed by atoms with van der Waals surface area (Å²) < 4.78 is 5.07. The Labute approximate surface area is 90.4 Å². The molecule has 0 aliphatic rings. The maximum atomic E-state index is 10.8. The lowest BCUT2D eigenvalue weighted by Crippen LogP contribution is -2.31. The van der Waals surface area contributed by atoms with Crippen LogP contribution in [0, 0.1) is 0 Å². The zero-order chi connectivity index (χ0) is 11.3. The molecule has 0 fully saturated rings. The van der Waals surface area contributed by atoms with Crippen LogP contribution in [-0.4, -0.2) is 19.1 Å². The van der Waals surface area contributed by atoms with E-state index in [0.717, 1.165) is 12.2 Å². The Morgan fingerprint density at radius 1 is 1.40 bits per heavy atom. The van der Waals surface area contributed by atoms with E-state index < -0.39 is 0 Å². The molecular weight excluding hydrogens is 190 g/mol. The van der Waals surface area contributed by atoms with Crippen LogP contribution in [0.2, 0.25) is 0 Å². The molecule has 1 atom stereocenters. The number of methoxy groups -OCH3 is 1. The van der Waals surface area contributed by atoms with Crippen molar-refractivity contribution in [2.45, 2.75) is 26.3 Å². The molecule has 0 saturated carbocycles. The van der Waals surface area contributed by atoms with Gasteiger partial charge in [0.2, 0.25) is 5.91 Å². The first-order valence-electron chi connectivity index (χ1n) is 5.02. The van der Waals surface area contributed by atoms with Gasteiger partial charge < -0.3 is 10.1 Å². The van der Waals surface area contributed by atoms with Crippen LogP contribution in [0.5, 0.6) is 5.75 Å². The average molecular weight is 207 g/mol. The fourth-order valence-corrected chi connectivity index (χ4v) is 1.51. The summed E-state index contributed by atoms with van der Waals surface area (Å²) in [4.78, 5) is 10.8. The van der Waals surface area contributed by atoms with Gasteiger partial charge in [-0.2, -0.15) is 0 Å². The molecule has 0 spiro atoms. The first-order valence-corrected chi connectivity index (χ1v) is 5.02. The van der Waals surface area contributed by atoms with E-state index in [1.54, 1.807) is 7.11 Å². The molecule has 0 unspecified atom stereocenters. The topological polar surface area (TPSA) is 38.3 Å². The number of rotatable bonds is 4. The van der Waals surface area contributed by atoms with E-state index in [2.05, 4.69) is 5.32 Å². The summed E-state index contributed by atoms with van der Waals surface area (Å²) in [6.45, 7) is 3.52. The Morgan fingerprint density at radius 2 is 2.00 bits per heavy atom. The van der Waals surface area contributed by atoms with E-state index in [0.29, 0.717) is 0 Å². The molecule has 0 radical (unpaired) electrons. The van der Waals surface area contributed by atoms with Gasteiger partial charge in [0.05, 0.1) is 7.11 Å². The van der Waals surface area contributed by atoms with Gasteiger partial charge in [-0.3, -0.25) is 4.79 Å². The quantitative estimate of drug-likeness (QED) is 0.817. The van der Waals surface area contributed by atoms with Crippen molar-refractivity contribution in [3.8, 4) is 5.75 Å². The lowest BCUT2D eigenvalue weighted by molar-refractivity contribution is -0.119. The Morgan fingerprint density at radius 3 is 2.47 bits per heavy atom. The Balaban J connectivity index is 2.53. The lowest BCUT2D eigenvalue weighted by atomic mass is 10.1. The number of nitrogens with one attached hydrogen (secondary N) is 1. The van der Waals surface area contributed by atoms with E-state index in [1.165, 1.54) is 12.5 Å². The highest BCUT2D eigenvalue weighted by Crippen LogP contribution is 2.12. The fraction of sp³-hybridized carbons (Fsp3) is 0.417. The summed E-state index contributed by atoms with van der Waals surface area (Å²) in [7, 11) is 1.65. The molecule has 0 heterocycles. The van der Waals surface area contributed by atoms with Gasteiger partial charge in [0.25, 0.3) is 0 Å². The van der Waals surface area contributed by atoms with E-state index in [4.69, 9.17) is 4.74 Å². The summed E-state index contributed by atoms with van der Waals surface area (Å²) in [5.41, 5.74) is 1.19. The highest BCUT2D eigenvalue weighted by molar-refractivity contribution is 5.73. The monoisotopic (exact) mass is 207 g/mol. The van der Waals surface area contributed by atoms with E-state index in [-0.39, 0.29) is 11.9 Å². The van der Waals surface area contributed by atoms with Crippen LogP contribution in [0.25, 0.3) is 0 Å². The molecule has 3 nitrogen and oxygen atoms in total. The second-order valence-corrected chi connectivity index (χ2v) is 3.65. The van der Waals surface area contributed by atoms with Gasteiger partial charge in [-0.05, 0) is 31.0 Å². The van der Waals surface area contributed by atoms with Crippen molar-refractivity contribution in [2.24, 2.45) is 0 Å². The number of hydrogen-bond donors (Lipinski definition) is 1. The largest absolute Gasteiger partial charge is 0.497 e. The number of amides is 1. The second-order valence-electron chi connectivity index (χ2n) is 3.65. The molecule has 0 aromatic heterocycles. The van der Waals surface area contributed by atoms with Crippen molar-refractivity contribution in [1.82, 2.24) is 5.32 Å². The molecule has 1 aromatic carbocycles. The maximum Gasteiger partial charge on any atom is 0.217 e. The highest BCUT2D eigenvalue weighted by atomic mass is 16.5. The third kappa shape index (κ3) is 4.02. The first kappa shape index (κ1) is 11.6. The Kier molecular flexibility index (Phi) is 4.16. The lowest BCUT2D eigenvalue weighted by Gasteiger charge is -2.12. The number of ether oxygens (including phenoxy) is 1. The third-order valence-electron chi connectivity index (χ3n) is 2.15. The van der Waals surface area contributed by atoms with Crippen LogP contribution in [0.15, 0.2) is 24.3 Å². The number of hydrogen-bond acceptors (Lipinski definition) is 2. The first-order chi connectivity index (χ1) is 7.11. The van der Waals surface area contributed by atoms with Crippen molar-refractivity contribution < 1.29 is 9.53 Å². The van der Waals surface area contributed by atoms with Gasteiger partial charge in [0, 0.05) is 13.0 Å². The molecular formula is C12H17NO2. The number of carbonyl (C=O) groups excluding carboxylic acids is 1. The highest BCUT2D eigenvalue weighted by Gasteiger charge is 2.04. The van der Waals surface area contributed by atoms with Crippen molar-refractivity contribution in [3.63, 3.8) is 0 Å². The van der Waals surface area contributed by atoms with Crippen LogP contribution in [-0.2, 0) is 11.2 Å². The number of carbonyl (C=O) groups is 1. The molecule has 1 amide bonds. The molecule has 82 valence electrons. The number of benzene rings is 1. The SMILES string of the molecule is COc1ccc(C[C@@H](C)NC(C)=O)cc1. The second kappa shape index (κ2) is 5.39. The summed E-state index contributed by atoms with van der Waals surface area (Å²) in [5.74, 6) is 0.863. The standard InChI is InChI=1S/C12H17NO2/c1-9(13-10(2)14)8-11-4-6-12(15-3)7-5-11/h4-7,9H,8H2,1-3H3,(H,13,14)/t9-/m1/s1. The van der Waals surface area contributed by atoms with Crippen LogP contribution < -0.4 is 10.1 Å². The fourth-order valence-electron chi connectivity index (χ4n) is 1.51. The van der Waals surface area contributed by atoms with Gasteiger partial charge in [-0.25, -0.2) is 0 Å². The van der Waals surface area contributed by atoms with Crippen molar-refractivity contribution >= 4 is 5.91 Å². The minimum Gasteiger partial charge on any atom is -0.497 e. The van der Waals surface area contributed by atoms with Crippen molar-refractivity contribution in [2.75, 3.05) is 7.11 Å². The molecule has 0 saturated heterocycles. The van der Waals surface area contributed by atoms with E-state index >= 15 is 0 Å². The normalized spacial score (nSPS) is 11.9. The summed E-state index contributed by atoms with van der Waals surface area (Å²) in [6, 6.07) is 8.04. The van der Waals surface area contributed by atoms with E-state index in [9.17, 15) is 4.79 Å². The summed E-state index contributed by atoms with van der Waals surface area (Å²) in [5, 5.41) is 2.85. The average Bonchev–Trinajstić information content (AvgIpc) is 2.17.